The fourth-order valence-electron chi connectivity index (χ4n) is 2.04. The summed E-state index contributed by atoms with van der Waals surface area (Å²) in [6.07, 6.45) is 1.61. The first-order chi connectivity index (χ1) is 9.92. The maximum atomic E-state index is 13.0. The van der Waals surface area contributed by atoms with Crippen LogP contribution in [0.4, 0.5) is 8.78 Å². The van der Waals surface area contributed by atoms with Crippen LogP contribution in [0.25, 0.3) is 0 Å². The zero-order valence-electron chi connectivity index (χ0n) is 11.9. The van der Waals surface area contributed by atoms with Crippen LogP contribution in [0.5, 0.6) is 0 Å². The summed E-state index contributed by atoms with van der Waals surface area (Å²) in [4.78, 5) is 22.4. The highest BCUT2D eigenvalue weighted by molar-refractivity contribution is 5.77. The van der Waals surface area contributed by atoms with E-state index >= 15 is 0 Å². The Bertz CT molecular complexity index is 506. The molecule has 0 heterocycles. The molecule has 1 atom stereocenters. The second kappa shape index (κ2) is 8.34. The Kier molecular flexibility index (Phi) is 6.78. The van der Waals surface area contributed by atoms with Crippen molar-refractivity contribution in [3.63, 3.8) is 0 Å². The lowest BCUT2D eigenvalue weighted by molar-refractivity contribution is -0.137. The van der Waals surface area contributed by atoms with Gasteiger partial charge in [0, 0.05) is 12.5 Å². The quantitative estimate of drug-likeness (QED) is 0.775. The summed E-state index contributed by atoms with van der Waals surface area (Å²) in [5.41, 5.74) is 0.523. The Morgan fingerprint density at radius 3 is 2.57 bits per heavy atom. The Hall–Kier alpha value is -1.98. The van der Waals surface area contributed by atoms with E-state index in [0.717, 1.165) is 18.6 Å². The molecule has 0 saturated heterocycles. The topological polar surface area (TPSA) is 66.4 Å². The molecule has 2 N–H and O–H groups in total. The number of carboxylic acid groups (broad SMARTS) is 1. The number of benzene rings is 1. The van der Waals surface area contributed by atoms with Crippen LogP contribution >= 0.6 is 0 Å². The van der Waals surface area contributed by atoms with Gasteiger partial charge in [0.05, 0.1) is 6.42 Å². The van der Waals surface area contributed by atoms with Crippen molar-refractivity contribution in [1.82, 2.24) is 5.32 Å². The van der Waals surface area contributed by atoms with Gasteiger partial charge in [0.25, 0.3) is 0 Å². The maximum Gasteiger partial charge on any atom is 0.305 e. The van der Waals surface area contributed by atoms with Crippen molar-refractivity contribution in [2.45, 2.75) is 45.1 Å². The predicted molar refractivity (Wildman–Crippen MR) is 73.8 cm³/mol. The summed E-state index contributed by atoms with van der Waals surface area (Å²) in [5, 5.41) is 11.4. The second-order valence-corrected chi connectivity index (χ2v) is 4.90. The van der Waals surface area contributed by atoms with Crippen LogP contribution in [0.1, 0.15) is 38.2 Å². The van der Waals surface area contributed by atoms with E-state index in [1.54, 1.807) is 0 Å². The first-order valence-corrected chi connectivity index (χ1v) is 6.87. The average Bonchev–Trinajstić information content (AvgIpc) is 2.39. The Balaban J connectivity index is 2.48. The lowest BCUT2D eigenvalue weighted by Gasteiger charge is -2.16. The van der Waals surface area contributed by atoms with Crippen LogP contribution < -0.4 is 5.32 Å². The third-order valence-electron chi connectivity index (χ3n) is 3.05. The summed E-state index contributed by atoms with van der Waals surface area (Å²) in [6, 6.07) is 3.10. The van der Waals surface area contributed by atoms with Crippen molar-refractivity contribution < 1.29 is 23.5 Å². The molecule has 6 heteroatoms. The highest BCUT2D eigenvalue weighted by Crippen LogP contribution is 2.11. The van der Waals surface area contributed by atoms with Gasteiger partial charge in [0.1, 0.15) is 0 Å². The third kappa shape index (κ3) is 6.33. The summed E-state index contributed by atoms with van der Waals surface area (Å²) in [7, 11) is 0. The van der Waals surface area contributed by atoms with E-state index in [-0.39, 0.29) is 25.2 Å². The van der Waals surface area contributed by atoms with Crippen molar-refractivity contribution in [2.24, 2.45) is 0 Å². The number of nitrogens with one attached hydrogen (secondary N) is 1. The minimum absolute atomic E-state index is 0.102. The largest absolute Gasteiger partial charge is 0.481 e. The van der Waals surface area contributed by atoms with E-state index in [9.17, 15) is 18.4 Å². The smallest absolute Gasteiger partial charge is 0.305 e. The number of carbonyl (C=O) groups excluding carboxylic acids is 1. The molecule has 21 heavy (non-hydrogen) atoms. The molecule has 1 aromatic carbocycles. The fourth-order valence-corrected chi connectivity index (χ4v) is 2.04. The van der Waals surface area contributed by atoms with Crippen molar-refractivity contribution in [1.29, 1.82) is 0 Å². The Morgan fingerprint density at radius 1 is 1.29 bits per heavy atom. The fraction of sp³-hybridized carbons (Fsp3) is 0.467. The van der Waals surface area contributed by atoms with E-state index < -0.39 is 23.6 Å². The van der Waals surface area contributed by atoms with Crippen LogP contribution in [0.3, 0.4) is 0 Å². The molecule has 1 aromatic rings. The standard InChI is InChI=1S/C15H19F2NO3/c1-2-3-11(9-15(20)21)18-14(19)7-5-10-4-6-12(16)13(17)8-10/h4,6,8,11H,2-3,5,7,9H2,1H3,(H,18,19)(H,20,21). The molecular formula is C15H19F2NO3. The Morgan fingerprint density at radius 2 is 2.00 bits per heavy atom. The normalized spacial score (nSPS) is 12.0. The number of hydrogen-bond acceptors (Lipinski definition) is 2. The van der Waals surface area contributed by atoms with Gasteiger partial charge in [0.2, 0.25) is 5.91 Å². The van der Waals surface area contributed by atoms with E-state index in [0.29, 0.717) is 12.0 Å². The first kappa shape index (κ1) is 17.1. The molecule has 0 radical (unpaired) electrons. The molecule has 1 unspecified atom stereocenters. The van der Waals surface area contributed by atoms with Gasteiger partial charge in [0.15, 0.2) is 11.6 Å². The summed E-state index contributed by atoms with van der Waals surface area (Å²) < 4.78 is 25.8. The lowest BCUT2D eigenvalue weighted by atomic mass is 10.1. The number of hydrogen-bond donors (Lipinski definition) is 2. The van der Waals surface area contributed by atoms with Gasteiger partial charge in [-0.1, -0.05) is 19.4 Å². The number of carboxylic acids is 1. The molecule has 0 fully saturated rings. The zero-order chi connectivity index (χ0) is 15.8. The number of aryl methyl sites for hydroxylation is 1. The highest BCUT2D eigenvalue weighted by Gasteiger charge is 2.15. The molecule has 4 nitrogen and oxygen atoms in total. The lowest BCUT2D eigenvalue weighted by Crippen LogP contribution is -2.36. The highest BCUT2D eigenvalue weighted by atomic mass is 19.2. The van der Waals surface area contributed by atoms with Gasteiger partial charge in [-0.3, -0.25) is 9.59 Å². The van der Waals surface area contributed by atoms with Crippen LogP contribution in [-0.4, -0.2) is 23.0 Å². The predicted octanol–water partition coefficient (Wildman–Crippen LogP) is 2.66. The number of amides is 1. The van der Waals surface area contributed by atoms with E-state index in [4.69, 9.17) is 5.11 Å². The van der Waals surface area contributed by atoms with Crippen molar-refractivity contribution in [2.75, 3.05) is 0 Å². The summed E-state index contributed by atoms with van der Waals surface area (Å²) in [6.45, 7) is 1.91. The minimum Gasteiger partial charge on any atom is -0.481 e. The van der Waals surface area contributed by atoms with Gasteiger partial charge < -0.3 is 10.4 Å². The van der Waals surface area contributed by atoms with Gasteiger partial charge in [-0.25, -0.2) is 8.78 Å². The first-order valence-electron chi connectivity index (χ1n) is 6.87. The van der Waals surface area contributed by atoms with Crippen LogP contribution in [0.15, 0.2) is 18.2 Å². The molecule has 116 valence electrons. The molecule has 0 spiro atoms. The third-order valence-corrected chi connectivity index (χ3v) is 3.05. The zero-order valence-corrected chi connectivity index (χ0v) is 11.9. The minimum atomic E-state index is -0.964. The van der Waals surface area contributed by atoms with Gasteiger partial charge >= 0.3 is 5.97 Å². The molecule has 0 aliphatic rings. The monoisotopic (exact) mass is 299 g/mol. The van der Waals surface area contributed by atoms with Gasteiger partial charge in [-0.05, 0) is 30.5 Å². The molecule has 0 aliphatic heterocycles. The van der Waals surface area contributed by atoms with Crippen LogP contribution in [-0.2, 0) is 16.0 Å². The number of carbonyl (C=O) groups is 2. The molecule has 0 aliphatic carbocycles. The molecule has 0 saturated carbocycles. The number of halogens is 2. The number of rotatable bonds is 8. The molecule has 0 aromatic heterocycles. The average molecular weight is 299 g/mol. The van der Waals surface area contributed by atoms with E-state index in [1.807, 2.05) is 6.92 Å². The van der Waals surface area contributed by atoms with E-state index in [2.05, 4.69) is 5.32 Å². The molecule has 1 amide bonds. The van der Waals surface area contributed by atoms with Gasteiger partial charge in [-0.2, -0.15) is 0 Å². The van der Waals surface area contributed by atoms with Gasteiger partial charge in [-0.15, -0.1) is 0 Å². The van der Waals surface area contributed by atoms with Crippen LogP contribution in [0.2, 0.25) is 0 Å². The van der Waals surface area contributed by atoms with Crippen molar-refractivity contribution in [3.8, 4) is 0 Å². The molecule has 1 rings (SSSR count). The van der Waals surface area contributed by atoms with Crippen LogP contribution in [0, 0.1) is 11.6 Å². The molecular weight excluding hydrogens is 280 g/mol. The second-order valence-electron chi connectivity index (χ2n) is 4.90. The van der Waals surface area contributed by atoms with Crippen molar-refractivity contribution >= 4 is 11.9 Å². The van der Waals surface area contributed by atoms with Crippen molar-refractivity contribution in [3.05, 3.63) is 35.4 Å². The summed E-state index contributed by atoms with van der Waals surface area (Å²) in [5.74, 6) is -3.12. The summed E-state index contributed by atoms with van der Waals surface area (Å²) >= 11 is 0. The SMILES string of the molecule is CCCC(CC(=O)O)NC(=O)CCc1ccc(F)c(F)c1. The Labute approximate surface area is 122 Å². The maximum absolute atomic E-state index is 13.0. The number of aliphatic carboxylic acids is 1. The molecule has 0 bridgehead atoms. The van der Waals surface area contributed by atoms with E-state index in [1.165, 1.54) is 6.07 Å².